The Bertz CT molecular complexity index is 800. The van der Waals surface area contributed by atoms with Crippen LogP contribution in [0.25, 0.3) is 0 Å². The Balaban J connectivity index is 1.91. The molecule has 0 spiro atoms. The molecular formula is C25H32O5. The first-order valence-corrected chi connectivity index (χ1v) is 10.9. The Morgan fingerprint density at radius 3 is 2.07 bits per heavy atom. The van der Waals surface area contributed by atoms with Crippen LogP contribution in [0.5, 0.6) is 11.5 Å². The summed E-state index contributed by atoms with van der Waals surface area (Å²) in [7, 11) is 0. The molecule has 2 aromatic carbocycles. The molecule has 2 aromatic rings. The molecule has 5 nitrogen and oxygen atoms in total. The number of para-hydroxylation sites is 2. The third kappa shape index (κ3) is 7.90. The molecule has 0 radical (unpaired) electrons. The highest BCUT2D eigenvalue weighted by Crippen LogP contribution is 2.24. The lowest BCUT2D eigenvalue weighted by Gasteiger charge is -2.12. The quantitative estimate of drug-likeness (QED) is 0.220. The number of hydrogen-bond donors (Lipinski definition) is 0. The zero-order valence-electron chi connectivity index (χ0n) is 18.0. The molecule has 0 N–H and O–H groups in total. The normalized spacial score (nSPS) is 10.5. The fraction of sp³-hybridized carbons (Fsp3) is 0.440. The number of unbranched alkanes of at least 4 members (excludes halogenated alkanes) is 6. The molecule has 0 atom stereocenters. The predicted octanol–water partition coefficient (Wildman–Crippen LogP) is 6.73. The molecule has 0 saturated heterocycles. The van der Waals surface area contributed by atoms with Crippen LogP contribution in [-0.2, 0) is 11.2 Å². The van der Waals surface area contributed by atoms with Gasteiger partial charge in [0.05, 0.1) is 6.61 Å². The number of rotatable bonds is 12. The molecule has 30 heavy (non-hydrogen) atoms. The Morgan fingerprint density at radius 2 is 1.33 bits per heavy atom. The molecule has 0 aliphatic rings. The van der Waals surface area contributed by atoms with Crippen molar-refractivity contribution in [1.29, 1.82) is 0 Å². The maximum Gasteiger partial charge on any atom is 0.519 e. The first-order chi connectivity index (χ1) is 14.7. The van der Waals surface area contributed by atoms with Gasteiger partial charge >= 0.3 is 12.1 Å². The Hall–Kier alpha value is -2.82. The minimum absolute atomic E-state index is 0.116. The molecule has 5 heteroatoms. The monoisotopic (exact) mass is 412 g/mol. The van der Waals surface area contributed by atoms with Crippen LogP contribution in [0.3, 0.4) is 0 Å². The summed E-state index contributed by atoms with van der Waals surface area (Å²) in [4.78, 5) is 24.4. The lowest BCUT2D eigenvalue weighted by Crippen LogP contribution is -2.17. The molecule has 0 fully saturated rings. The molecule has 0 amide bonds. The molecule has 0 aliphatic heterocycles. The van der Waals surface area contributed by atoms with Gasteiger partial charge in [-0.05, 0) is 43.5 Å². The highest BCUT2D eigenvalue weighted by Gasteiger charge is 2.18. The SMILES string of the molecule is CCCCCCCCCc1ccccc1OC(=O)Oc1ccccc1C(=O)OCC. The molecule has 0 unspecified atom stereocenters. The second kappa shape index (κ2) is 13.4. The minimum Gasteiger partial charge on any atom is -0.462 e. The summed E-state index contributed by atoms with van der Waals surface area (Å²) in [5, 5.41) is 0. The van der Waals surface area contributed by atoms with Crippen LogP contribution in [0.4, 0.5) is 4.79 Å². The summed E-state index contributed by atoms with van der Waals surface area (Å²) in [6, 6.07) is 13.9. The average molecular weight is 413 g/mol. The Labute approximate surface area is 179 Å². The molecule has 0 bridgehead atoms. The van der Waals surface area contributed by atoms with E-state index in [4.69, 9.17) is 14.2 Å². The Morgan fingerprint density at radius 1 is 0.733 bits per heavy atom. The molecular weight excluding hydrogens is 380 g/mol. The van der Waals surface area contributed by atoms with Gasteiger partial charge in [0.15, 0.2) is 0 Å². The van der Waals surface area contributed by atoms with Crippen molar-refractivity contribution in [2.24, 2.45) is 0 Å². The predicted molar refractivity (Wildman–Crippen MR) is 117 cm³/mol. The summed E-state index contributed by atoms with van der Waals surface area (Å²) in [6.45, 7) is 4.18. The summed E-state index contributed by atoms with van der Waals surface area (Å²) in [5.41, 5.74) is 1.16. The smallest absolute Gasteiger partial charge is 0.462 e. The average Bonchev–Trinajstić information content (AvgIpc) is 2.74. The van der Waals surface area contributed by atoms with Gasteiger partial charge in [0.25, 0.3) is 0 Å². The molecule has 0 aromatic heterocycles. The second-order valence-corrected chi connectivity index (χ2v) is 7.15. The van der Waals surface area contributed by atoms with Gasteiger partial charge in [0, 0.05) is 0 Å². The molecule has 0 heterocycles. The van der Waals surface area contributed by atoms with Crippen molar-refractivity contribution in [2.45, 2.75) is 65.2 Å². The number of carbonyl (C=O) groups excluding carboxylic acids is 2. The summed E-state index contributed by atoms with van der Waals surface area (Å²) in [6.07, 6.45) is 8.55. The standard InChI is InChI=1S/C25H32O5/c1-3-5-6-7-8-9-10-15-20-16-11-13-18-22(20)29-25(27)30-23-19-14-12-17-21(23)24(26)28-4-2/h11-14,16-19H,3-10,15H2,1-2H3. The van der Waals surface area contributed by atoms with Crippen molar-refractivity contribution in [2.75, 3.05) is 6.61 Å². The van der Waals surface area contributed by atoms with Crippen molar-refractivity contribution < 1.29 is 23.8 Å². The van der Waals surface area contributed by atoms with Gasteiger partial charge in [-0.15, -0.1) is 0 Å². The second-order valence-electron chi connectivity index (χ2n) is 7.15. The number of hydrogen-bond acceptors (Lipinski definition) is 5. The maximum absolute atomic E-state index is 12.3. The van der Waals surface area contributed by atoms with Crippen LogP contribution < -0.4 is 9.47 Å². The van der Waals surface area contributed by atoms with Crippen molar-refractivity contribution in [3.63, 3.8) is 0 Å². The highest BCUT2D eigenvalue weighted by molar-refractivity contribution is 5.93. The van der Waals surface area contributed by atoms with Gasteiger partial charge in [0.2, 0.25) is 0 Å². The van der Waals surface area contributed by atoms with E-state index in [9.17, 15) is 9.59 Å². The number of carbonyl (C=O) groups is 2. The van der Waals surface area contributed by atoms with E-state index in [1.54, 1.807) is 31.2 Å². The maximum atomic E-state index is 12.3. The van der Waals surface area contributed by atoms with Crippen molar-refractivity contribution in [3.8, 4) is 11.5 Å². The van der Waals surface area contributed by atoms with E-state index in [0.29, 0.717) is 5.75 Å². The van der Waals surface area contributed by atoms with Gasteiger partial charge in [-0.1, -0.05) is 75.8 Å². The zero-order valence-corrected chi connectivity index (χ0v) is 18.0. The number of benzene rings is 2. The fourth-order valence-electron chi connectivity index (χ4n) is 3.22. The van der Waals surface area contributed by atoms with E-state index < -0.39 is 12.1 Å². The topological polar surface area (TPSA) is 61.8 Å². The molecule has 162 valence electrons. The van der Waals surface area contributed by atoms with Crippen LogP contribution in [-0.4, -0.2) is 18.7 Å². The van der Waals surface area contributed by atoms with E-state index in [2.05, 4.69) is 6.92 Å². The van der Waals surface area contributed by atoms with Crippen LogP contribution in [0.15, 0.2) is 48.5 Å². The summed E-state index contributed by atoms with van der Waals surface area (Å²) in [5.74, 6) is 0.0628. The first kappa shape index (κ1) is 23.5. The van der Waals surface area contributed by atoms with Crippen molar-refractivity contribution >= 4 is 12.1 Å². The van der Waals surface area contributed by atoms with E-state index in [1.807, 2.05) is 18.2 Å². The minimum atomic E-state index is -0.876. The molecule has 0 saturated carbocycles. The van der Waals surface area contributed by atoms with Crippen LogP contribution in [0, 0.1) is 0 Å². The fourth-order valence-corrected chi connectivity index (χ4v) is 3.22. The van der Waals surface area contributed by atoms with Gasteiger partial charge in [-0.3, -0.25) is 0 Å². The Kier molecular flexibility index (Phi) is 10.5. The lowest BCUT2D eigenvalue weighted by atomic mass is 10.0. The van der Waals surface area contributed by atoms with E-state index in [1.165, 1.54) is 38.2 Å². The van der Waals surface area contributed by atoms with Crippen molar-refractivity contribution in [3.05, 3.63) is 59.7 Å². The number of ether oxygens (including phenoxy) is 3. The van der Waals surface area contributed by atoms with Gasteiger partial charge < -0.3 is 14.2 Å². The van der Waals surface area contributed by atoms with Gasteiger partial charge in [0.1, 0.15) is 17.1 Å². The zero-order chi connectivity index (χ0) is 21.6. The van der Waals surface area contributed by atoms with E-state index >= 15 is 0 Å². The summed E-state index contributed by atoms with van der Waals surface area (Å²) < 4.78 is 15.7. The van der Waals surface area contributed by atoms with Crippen molar-refractivity contribution in [1.82, 2.24) is 0 Å². The summed E-state index contributed by atoms with van der Waals surface area (Å²) >= 11 is 0. The van der Waals surface area contributed by atoms with Crippen LogP contribution in [0.2, 0.25) is 0 Å². The van der Waals surface area contributed by atoms with Gasteiger partial charge in [-0.25, -0.2) is 9.59 Å². The first-order valence-electron chi connectivity index (χ1n) is 10.9. The molecule has 2 rings (SSSR count). The van der Waals surface area contributed by atoms with E-state index in [0.717, 1.165) is 24.8 Å². The van der Waals surface area contributed by atoms with Crippen LogP contribution in [0.1, 0.15) is 74.7 Å². The highest BCUT2D eigenvalue weighted by atomic mass is 16.7. The van der Waals surface area contributed by atoms with Gasteiger partial charge in [-0.2, -0.15) is 0 Å². The largest absolute Gasteiger partial charge is 0.519 e. The number of esters is 1. The number of aryl methyl sites for hydroxylation is 1. The molecule has 0 aliphatic carbocycles. The third-order valence-corrected chi connectivity index (χ3v) is 4.79. The third-order valence-electron chi connectivity index (χ3n) is 4.79. The van der Waals surface area contributed by atoms with E-state index in [-0.39, 0.29) is 17.9 Å². The lowest BCUT2D eigenvalue weighted by molar-refractivity contribution is 0.0522. The van der Waals surface area contributed by atoms with Crippen LogP contribution >= 0.6 is 0 Å².